The van der Waals surface area contributed by atoms with Crippen LogP contribution in [0.2, 0.25) is 0 Å². The van der Waals surface area contributed by atoms with E-state index in [1.54, 1.807) is 7.11 Å². The van der Waals surface area contributed by atoms with Gasteiger partial charge >= 0.3 is 0 Å². The predicted octanol–water partition coefficient (Wildman–Crippen LogP) is 4.42. The van der Waals surface area contributed by atoms with Crippen LogP contribution < -0.4 is 10.1 Å². The van der Waals surface area contributed by atoms with Gasteiger partial charge in [0, 0.05) is 6.04 Å². The van der Waals surface area contributed by atoms with Crippen LogP contribution in [-0.4, -0.2) is 13.7 Å². The summed E-state index contributed by atoms with van der Waals surface area (Å²) in [5.41, 5.74) is 2.15. The van der Waals surface area contributed by atoms with Crippen molar-refractivity contribution in [3.8, 4) is 5.75 Å². The largest absolute Gasteiger partial charge is 0.497 e. The van der Waals surface area contributed by atoms with Gasteiger partial charge in [-0.1, -0.05) is 46.8 Å². The average Bonchev–Trinajstić information content (AvgIpc) is 2.82. The van der Waals surface area contributed by atoms with Crippen LogP contribution in [0.15, 0.2) is 24.3 Å². The fourth-order valence-electron chi connectivity index (χ4n) is 3.62. The Bertz CT molecular complexity index is 433. The van der Waals surface area contributed by atoms with Crippen molar-refractivity contribution in [3.05, 3.63) is 29.8 Å². The topological polar surface area (TPSA) is 21.3 Å². The Kier molecular flexibility index (Phi) is 4.15. The molecule has 0 aliphatic heterocycles. The Balaban J connectivity index is 2.24. The molecule has 1 aliphatic carbocycles. The van der Waals surface area contributed by atoms with Gasteiger partial charge in [-0.25, -0.2) is 0 Å². The maximum atomic E-state index is 5.27. The van der Waals surface area contributed by atoms with Gasteiger partial charge < -0.3 is 10.1 Å². The van der Waals surface area contributed by atoms with Crippen molar-refractivity contribution in [3.63, 3.8) is 0 Å². The highest BCUT2D eigenvalue weighted by Crippen LogP contribution is 2.72. The van der Waals surface area contributed by atoms with Crippen LogP contribution in [0.25, 0.3) is 0 Å². The van der Waals surface area contributed by atoms with Crippen LogP contribution >= 0.6 is 0 Å². The second kappa shape index (κ2) is 5.40. The molecule has 0 radical (unpaired) electrons. The zero-order valence-corrected chi connectivity index (χ0v) is 13.8. The van der Waals surface area contributed by atoms with Crippen LogP contribution in [-0.2, 0) is 0 Å². The third-order valence-electron chi connectivity index (χ3n) is 5.55. The van der Waals surface area contributed by atoms with E-state index < -0.39 is 0 Å². The molecule has 1 aromatic carbocycles. The quantitative estimate of drug-likeness (QED) is 0.830. The molecule has 2 rings (SSSR count). The summed E-state index contributed by atoms with van der Waals surface area (Å²) >= 11 is 0. The molecule has 1 saturated carbocycles. The molecule has 20 heavy (non-hydrogen) atoms. The summed E-state index contributed by atoms with van der Waals surface area (Å²) in [5, 5.41) is 3.76. The fraction of sp³-hybridized carbons (Fsp3) is 0.667. The second-order valence-corrected chi connectivity index (χ2v) is 7.13. The first-order valence-corrected chi connectivity index (χ1v) is 7.73. The highest BCUT2D eigenvalue weighted by Gasteiger charge is 2.67. The predicted molar refractivity (Wildman–Crippen MR) is 85.1 cm³/mol. The number of ether oxygens (including phenoxy) is 1. The van der Waals surface area contributed by atoms with E-state index in [9.17, 15) is 0 Å². The summed E-state index contributed by atoms with van der Waals surface area (Å²) in [6.07, 6.45) is 1.17. The summed E-state index contributed by atoms with van der Waals surface area (Å²) in [6, 6.07) is 8.98. The number of benzene rings is 1. The SMILES string of the molecule is CCCNC(c1ccc(OC)cc1)C1C(C)(C)C1(C)C. The fourth-order valence-corrected chi connectivity index (χ4v) is 3.62. The van der Waals surface area contributed by atoms with Gasteiger partial charge in [0.2, 0.25) is 0 Å². The van der Waals surface area contributed by atoms with Crippen LogP contribution in [0.4, 0.5) is 0 Å². The van der Waals surface area contributed by atoms with Gasteiger partial charge in [0.25, 0.3) is 0 Å². The van der Waals surface area contributed by atoms with E-state index in [0.29, 0.717) is 22.8 Å². The minimum Gasteiger partial charge on any atom is -0.497 e. The summed E-state index contributed by atoms with van der Waals surface area (Å²) in [4.78, 5) is 0. The molecule has 1 unspecified atom stereocenters. The molecule has 1 aromatic rings. The molecule has 1 fully saturated rings. The molecular weight excluding hydrogens is 246 g/mol. The molecule has 0 bridgehead atoms. The molecule has 2 heteroatoms. The maximum Gasteiger partial charge on any atom is 0.118 e. The Hall–Kier alpha value is -1.02. The first-order chi connectivity index (χ1) is 9.36. The summed E-state index contributed by atoms with van der Waals surface area (Å²) in [6.45, 7) is 12.9. The van der Waals surface area contributed by atoms with Gasteiger partial charge in [-0.05, 0) is 47.4 Å². The van der Waals surface area contributed by atoms with Gasteiger partial charge in [0.1, 0.15) is 5.75 Å². The Labute approximate surface area is 123 Å². The lowest BCUT2D eigenvalue weighted by molar-refractivity contribution is 0.404. The molecule has 1 atom stereocenters. The summed E-state index contributed by atoms with van der Waals surface area (Å²) in [7, 11) is 1.72. The van der Waals surface area contributed by atoms with Crippen molar-refractivity contribution < 1.29 is 4.74 Å². The molecule has 0 amide bonds. The highest BCUT2D eigenvalue weighted by atomic mass is 16.5. The number of hydrogen-bond acceptors (Lipinski definition) is 2. The molecule has 1 N–H and O–H groups in total. The lowest BCUT2D eigenvalue weighted by Gasteiger charge is -2.22. The first-order valence-electron chi connectivity index (χ1n) is 7.73. The standard InChI is InChI=1S/C18H29NO/c1-7-12-19-15(16-17(2,3)18(16,4)5)13-8-10-14(20-6)11-9-13/h8-11,15-16,19H,7,12H2,1-6H3. The van der Waals surface area contributed by atoms with Crippen LogP contribution in [0, 0.1) is 16.7 Å². The Morgan fingerprint density at radius 3 is 2.05 bits per heavy atom. The summed E-state index contributed by atoms with van der Waals surface area (Å²) < 4.78 is 5.27. The third-order valence-corrected chi connectivity index (χ3v) is 5.55. The molecule has 112 valence electrons. The van der Waals surface area contributed by atoms with E-state index in [0.717, 1.165) is 12.3 Å². The van der Waals surface area contributed by atoms with Gasteiger partial charge in [0.05, 0.1) is 7.11 Å². The molecule has 2 nitrogen and oxygen atoms in total. The zero-order valence-electron chi connectivity index (χ0n) is 13.8. The van der Waals surface area contributed by atoms with Gasteiger partial charge in [-0.2, -0.15) is 0 Å². The van der Waals surface area contributed by atoms with Crippen LogP contribution in [0.5, 0.6) is 5.75 Å². The Morgan fingerprint density at radius 1 is 1.10 bits per heavy atom. The van der Waals surface area contributed by atoms with E-state index in [2.05, 4.69) is 64.2 Å². The lowest BCUT2D eigenvalue weighted by Crippen LogP contribution is -2.26. The minimum absolute atomic E-state index is 0.387. The van der Waals surface area contributed by atoms with Crippen molar-refractivity contribution in [1.82, 2.24) is 5.32 Å². The summed E-state index contributed by atoms with van der Waals surface area (Å²) in [5.74, 6) is 1.60. The molecular formula is C18H29NO. The van der Waals surface area contributed by atoms with Crippen molar-refractivity contribution in [2.45, 2.75) is 47.1 Å². The van der Waals surface area contributed by atoms with Crippen molar-refractivity contribution in [1.29, 1.82) is 0 Å². The smallest absolute Gasteiger partial charge is 0.118 e. The number of rotatable bonds is 6. The van der Waals surface area contributed by atoms with Crippen molar-refractivity contribution >= 4 is 0 Å². The molecule has 1 aliphatic rings. The average molecular weight is 275 g/mol. The number of hydrogen-bond donors (Lipinski definition) is 1. The van der Waals surface area contributed by atoms with Crippen LogP contribution in [0.3, 0.4) is 0 Å². The normalized spacial score (nSPS) is 21.5. The highest BCUT2D eigenvalue weighted by molar-refractivity contribution is 5.32. The van der Waals surface area contributed by atoms with Gasteiger partial charge in [-0.15, -0.1) is 0 Å². The monoisotopic (exact) mass is 275 g/mol. The van der Waals surface area contributed by atoms with E-state index >= 15 is 0 Å². The van der Waals surface area contributed by atoms with Crippen LogP contribution in [0.1, 0.15) is 52.6 Å². The van der Waals surface area contributed by atoms with E-state index in [1.165, 1.54) is 12.0 Å². The molecule has 0 saturated heterocycles. The number of methoxy groups -OCH3 is 1. The maximum absolute atomic E-state index is 5.27. The van der Waals surface area contributed by atoms with E-state index in [-0.39, 0.29) is 0 Å². The van der Waals surface area contributed by atoms with Gasteiger partial charge in [0.15, 0.2) is 0 Å². The minimum atomic E-state index is 0.387. The molecule has 0 aromatic heterocycles. The molecule has 0 spiro atoms. The zero-order chi connectivity index (χ0) is 15.0. The number of nitrogens with one attached hydrogen (secondary N) is 1. The molecule has 0 heterocycles. The third kappa shape index (κ3) is 2.46. The van der Waals surface area contributed by atoms with Crippen molar-refractivity contribution in [2.24, 2.45) is 16.7 Å². The van der Waals surface area contributed by atoms with E-state index in [1.807, 2.05) is 0 Å². The first kappa shape index (κ1) is 15.4. The van der Waals surface area contributed by atoms with Crippen molar-refractivity contribution in [2.75, 3.05) is 13.7 Å². The Morgan fingerprint density at radius 2 is 1.65 bits per heavy atom. The van der Waals surface area contributed by atoms with E-state index in [4.69, 9.17) is 4.74 Å². The lowest BCUT2D eigenvalue weighted by atomic mass is 9.96. The van der Waals surface area contributed by atoms with Gasteiger partial charge in [-0.3, -0.25) is 0 Å². The second-order valence-electron chi connectivity index (χ2n) is 7.13.